The normalized spacial score (nSPS) is 18.6. The van der Waals surface area contributed by atoms with E-state index in [1.807, 2.05) is 13.0 Å². The highest BCUT2D eigenvalue weighted by atomic mass is 79.9. The number of hydrogen-bond acceptors (Lipinski definition) is 4. The van der Waals surface area contributed by atoms with Crippen LogP contribution < -0.4 is 10.5 Å². The average molecular weight is 377 g/mol. The predicted octanol–water partition coefficient (Wildman–Crippen LogP) is 2.00. The molecule has 0 saturated carbocycles. The molecule has 0 bridgehead atoms. The SMILES string of the molecule is CC(NS(=O)(=O)c1cc(CN)ccc1Br)C1CCOCC1. The van der Waals surface area contributed by atoms with Gasteiger partial charge in [0.15, 0.2) is 0 Å². The van der Waals surface area contributed by atoms with Gasteiger partial charge in [-0.1, -0.05) is 6.07 Å². The van der Waals surface area contributed by atoms with Crippen LogP contribution in [0.1, 0.15) is 25.3 Å². The van der Waals surface area contributed by atoms with Crippen LogP contribution >= 0.6 is 15.9 Å². The van der Waals surface area contributed by atoms with Crippen molar-refractivity contribution in [3.8, 4) is 0 Å². The number of benzene rings is 1. The number of nitrogens with two attached hydrogens (primary N) is 1. The highest BCUT2D eigenvalue weighted by Gasteiger charge is 2.26. The second-order valence-corrected chi connectivity index (χ2v) is 7.87. The lowest BCUT2D eigenvalue weighted by Crippen LogP contribution is -2.40. The molecule has 7 heteroatoms. The monoisotopic (exact) mass is 376 g/mol. The molecule has 1 aliphatic heterocycles. The molecule has 1 heterocycles. The molecule has 1 fully saturated rings. The lowest BCUT2D eigenvalue weighted by Gasteiger charge is -2.28. The van der Waals surface area contributed by atoms with Crippen molar-refractivity contribution in [3.63, 3.8) is 0 Å². The van der Waals surface area contributed by atoms with Crippen molar-refractivity contribution < 1.29 is 13.2 Å². The first-order chi connectivity index (χ1) is 9.94. The van der Waals surface area contributed by atoms with Gasteiger partial charge >= 0.3 is 0 Å². The Morgan fingerprint density at radius 2 is 2.10 bits per heavy atom. The molecule has 0 radical (unpaired) electrons. The fourth-order valence-electron chi connectivity index (χ4n) is 2.50. The summed E-state index contributed by atoms with van der Waals surface area (Å²) in [4.78, 5) is 0.240. The molecular weight excluding hydrogens is 356 g/mol. The van der Waals surface area contributed by atoms with Crippen molar-refractivity contribution >= 4 is 26.0 Å². The lowest BCUT2D eigenvalue weighted by atomic mass is 9.94. The highest BCUT2D eigenvalue weighted by Crippen LogP contribution is 2.25. The van der Waals surface area contributed by atoms with Gasteiger partial charge in [0.1, 0.15) is 0 Å². The molecule has 2 rings (SSSR count). The Bertz CT molecular complexity index is 586. The van der Waals surface area contributed by atoms with E-state index in [1.165, 1.54) is 0 Å². The Kier molecular flexibility index (Phi) is 5.79. The summed E-state index contributed by atoms with van der Waals surface area (Å²) < 4.78 is 33.8. The van der Waals surface area contributed by atoms with E-state index < -0.39 is 10.0 Å². The quantitative estimate of drug-likeness (QED) is 0.823. The number of halogens is 1. The minimum atomic E-state index is -3.57. The van der Waals surface area contributed by atoms with Crippen LogP contribution in [0.2, 0.25) is 0 Å². The average Bonchev–Trinajstić information content (AvgIpc) is 2.48. The van der Waals surface area contributed by atoms with Gasteiger partial charge in [-0.2, -0.15) is 0 Å². The summed E-state index contributed by atoms with van der Waals surface area (Å²) in [5.74, 6) is 0.310. The maximum Gasteiger partial charge on any atom is 0.241 e. The first kappa shape index (κ1) is 16.9. The van der Waals surface area contributed by atoms with Gasteiger partial charge < -0.3 is 10.5 Å². The molecule has 1 aromatic carbocycles. The third-order valence-electron chi connectivity index (χ3n) is 3.83. The third-order valence-corrected chi connectivity index (χ3v) is 6.39. The molecule has 1 aliphatic rings. The van der Waals surface area contributed by atoms with Gasteiger partial charge in [0.2, 0.25) is 10.0 Å². The zero-order valence-corrected chi connectivity index (χ0v) is 14.4. The Balaban J connectivity index is 2.17. The van der Waals surface area contributed by atoms with E-state index in [0.29, 0.717) is 30.1 Å². The van der Waals surface area contributed by atoms with E-state index in [4.69, 9.17) is 10.5 Å². The summed E-state index contributed by atoms with van der Waals surface area (Å²) in [5.41, 5.74) is 6.37. The molecule has 0 spiro atoms. The van der Waals surface area contributed by atoms with Crippen LogP contribution in [-0.2, 0) is 21.3 Å². The third kappa shape index (κ3) is 4.26. The number of sulfonamides is 1. The van der Waals surface area contributed by atoms with Gasteiger partial charge in [0, 0.05) is 30.3 Å². The first-order valence-electron chi connectivity index (χ1n) is 7.02. The number of rotatable bonds is 5. The smallest absolute Gasteiger partial charge is 0.241 e. The van der Waals surface area contributed by atoms with Crippen LogP contribution in [0, 0.1) is 5.92 Å². The lowest BCUT2D eigenvalue weighted by molar-refractivity contribution is 0.0585. The zero-order chi connectivity index (χ0) is 15.5. The summed E-state index contributed by atoms with van der Waals surface area (Å²) in [6.45, 7) is 3.62. The first-order valence-corrected chi connectivity index (χ1v) is 9.30. The van der Waals surface area contributed by atoms with E-state index in [9.17, 15) is 8.42 Å². The van der Waals surface area contributed by atoms with Gasteiger partial charge in [-0.15, -0.1) is 0 Å². The summed E-state index contributed by atoms with van der Waals surface area (Å²) >= 11 is 3.30. The molecule has 21 heavy (non-hydrogen) atoms. The highest BCUT2D eigenvalue weighted by molar-refractivity contribution is 9.10. The van der Waals surface area contributed by atoms with E-state index in [-0.39, 0.29) is 10.9 Å². The Morgan fingerprint density at radius 1 is 1.43 bits per heavy atom. The molecule has 0 aromatic heterocycles. The summed E-state index contributed by atoms with van der Waals surface area (Å²) in [7, 11) is -3.57. The van der Waals surface area contributed by atoms with Crippen LogP contribution in [0.25, 0.3) is 0 Å². The standard InChI is InChI=1S/C14H21BrN2O3S/c1-10(12-4-6-20-7-5-12)17-21(18,19)14-8-11(9-16)2-3-13(14)15/h2-3,8,10,12,17H,4-7,9,16H2,1H3. The zero-order valence-electron chi connectivity index (χ0n) is 12.0. The molecule has 1 unspecified atom stereocenters. The van der Waals surface area contributed by atoms with Gasteiger partial charge in [0.05, 0.1) is 4.90 Å². The van der Waals surface area contributed by atoms with Crippen molar-refractivity contribution in [1.29, 1.82) is 0 Å². The summed E-state index contributed by atoms with van der Waals surface area (Å²) in [6, 6.07) is 5.02. The van der Waals surface area contributed by atoms with Gasteiger partial charge in [-0.3, -0.25) is 0 Å². The second-order valence-electron chi connectivity index (χ2n) is 5.33. The Morgan fingerprint density at radius 3 is 2.71 bits per heavy atom. The van der Waals surface area contributed by atoms with Crippen molar-refractivity contribution in [2.75, 3.05) is 13.2 Å². The molecule has 1 atom stereocenters. The minimum Gasteiger partial charge on any atom is -0.381 e. The molecule has 0 amide bonds. The van der Waals surface area contributed by atoms with E-state index >= 15 is 0 Å². The Hall–Kier alpha value is -0.470. The maximum absolute atomic E-state index is 12.6. The van der Waals surface area contributed by atoms with Crippen LogP contribution in [0.15, 0.2) is 27.6 Å². The topological polar surface area (TPSA) is 81.4 Å². The second kappa shape index (κ2) is 7.19. The van der Waals surface area contributed by atoms with E-state index in [2.05, 4.69) is 20.7 Å². The van der Waals surface area contributed by atoms with E-state index in [0.717, 1.165) is 18.4 Å². The van der Waals surface area contributed by atoms with Crippen molar-refractivity contribution in [3.05, 3.63) is 28.2 Å². The van der Waals surface area contributed by atoms with Gasteiger partial charge in [0.25, 0.3) is 0 Å². The van der Waals surface area contributed by atoms with E-state index in [1.54, 1.807) is 12.1 Å². The molecule has 1 aromatic rings. The fourth-order valence-corrected chi connectivity index (χ4v) is 4.83. The number of ether oxygens (including phenoxy) is 1. The number of nitrogens with one attached hydrogen (secondary N) is 1. The maximum atomic E-state index is 12.6. The van der Waals surface area contributed by atoms with Crippen LogP contribution in [0.3, 0.4) is 0 Å². The minimum absolute atomic E-state index is 0.118. The van der Waals surface area contributed by atoms with Crippen LogP contribution in [0.5, 0.6) is 0 Å². The molecule has 5 nitrogen and oxygen atoms in total. The van der Waals surface area contributed by atoms with Crippen LogP contribution in [-0.4, -0.2) is 27.7 Å². The molecule has 118 valence electrons. The summed E-state index contributed by atoms with van der Waals surface area (Å²) in [5, 5.41) is 0. The molecular formula is C14H21BrN2O3S. The predicted molar refractivity (Wildman–Crippen MR) is 85.4 cm³/mol. The molecule has 0 aliphatic carbocycles. The van der Waals surface area contributed by atoms with Crippen molar-refractivity contribution in [2.45, 2.75) is 37.2 Å². The van der Waals surface area contributed by atoms with Gasteiger partial charge in [-0.05, 0) is 59.3 Å². The molecule has 1 saturated heterocycles. The molecule has 3 N–H and O–H groups in total. The van der Waals surface area contributed by atoms with Crippen LogP contribution in [0.4, 0.5) is 0 Å². The van der Waals surface area contributed by atoms with Crippen molar-refractivity contribution in [2.24, 2.45) is 11.7 Å². The summed E-state index contributed by atoms with van der Waals surface area (Å²) in [6.07, 6.45) is 1.77. The van der Waals surface area contributed by atoms with Gasteiger partial charge in [-0.25, -0.2) is 13.1 Å². The van der Waals surface area contributed by atoms with Crippen molar-refractivity contribution in [1.82, 2.24) is 4.72 Å². The number of hydrogen-bond donors (Lipinski definition) is 2. The fraction of sp³-hybridized carbons (Fsp3) is 0.571. The Labute approximate surface area is 134 Å². The largest absolute Gasteiger partial charge is 0.381 e.